The van der Waals surface area contributed by atoms with Crippen LogP contribution < -0.4 is 33.7 Å². The normalized spacial score (nSPS) is 31.2. The number of nitrogens with one attached hydrogen (secondary N) is 1. The molecule has 19 rings (SSSR count). The Balaban J connectivity index is 0.000000172. The van der Waals surface area contributed by atoms with E-state index in [1.165, 1.54) is 43.4 Å². The fourth-order valence-corrected chi connectivity index (χ4v) is 23.1. The number of ether oxygens (including phenoxy) is 9. The summed E-state index contributed by atoms with van der Waals surface area (Å²) in [6.07, 6.45) is 32.0. The zero-order chi connectivity index (χ0) is 95.0. The molecule has 7 aliphatic carbocycles. The summed E-state index contributed by atoms with van der Waals surface area (Å²) in [5.74, 6) is 2.97. The molecule has 6 aliphatic heterocycles. The number of hydrogen-bond acceptors (Lipinski definition) is 24. The van der Waals surface area contributed by atoms with Crippen LogP contribution in [0.2, 0.25) is 0 Å². The molecule has 8 bridgehead atoms. The van der Waals surface area contributed by atoms with E-state index in [9.17, 15) is 43.2 Å². The van der Waals surface area contributed by atoms with Crippen LogP contribution >= 0.6 is 0 Å². The Morgan fingerprint density at radius 2 is 0.803 bits per heavy atom. The molecular formula is C106H141N10O18V3-3. The molecule has 137 heavy (non-hydrogen) atoms. The minimum atomic E-state index is -0.895. The molecule has 0 spiro atoms. The SMILES string of the molecule is CC[C@@H]1[C@@H]2CN(C(=O)[C@H](C(C)(C)C)CC(=O)O[C@]3(CC4CC4)C[C@H]3CCCCCc3nc4ccc(OC)cc4nc3O2)[C@@H]1[C-]=O.COc1ccc2nc3c(nc2c1)O[C@H]1CN(C(=O)[C@H](C(C)(C)C)CC(=O)O[C@]2(CC4CC4)C[C@H]2CCCCC3)[C@H]([C-]=O)[C@@H]1C.COc1ccc2nc3c(nc2c1)O[C@H]1CN(C(=O)[C@H](C(C)(C)C)NC(=O)O[C@@H]2C4CCC(CC4)[C@H]2CCCCC3)[C@H]([C-]=O)[C@@H]1C.[V].[V].[V]. The van der Waals surface area contributed by atoms with Crippen LogP contribution in [0.5, 0.6) is 34.9 Å². The van der Waals surface area contributed by atoms with Crippen LogP contribution in [0.15, 0.2) is 54.6 Å². The van der Waals surface area contributed by atoms with Gasteiger partial charge in [-0.25, -0.2) is 53.6 Å². The Morgan fingerprint density at radius 3 is 1.18 bits per heavy atom. The number of carbonyl (C=O) groups is 6. The molecule has 7 saturated carbocycles. The van der Waals surface area contributed by atoms with Crippen molar-refractivity contribution >= 4 is 87.7 Å². The summed E-state index contributed by atoms with van der Waals surface area (Å²) >= 11 is 0. The van der Waals surface area contributed by atoms with Crippen LogP contribution in [-0.2, 0) is 127 Å². The van der Waals surface area contributed by atoms with Gasteiger partial charge in [-0.15, -0.1) is 0 Å². The van der Waals surface area contributed by atoms with Gasteiger partial charge < -0.3 is 77.0 Å². The number of methoxy groups -OCH3 is 3. The predicted molar refractivity (Wildman–Crippen MR) is 503 cm³/mol. The first kappa shape index (κ1) is 106. The Bertz CT molecular complexity index is 5310. The van der Waals surface area contributed by atoms with Crippen molar-refractivity contribution in [3.05, 3.63) is 71.7 Å². The van der Waals surface area contributed by atoms with Gasteiger partial charge >= 0.3 is 18.0 Å². The largest absolute Gasteiger partial charge is 0.540 e. The zero-order valence-electron chi connectivity index (χ0n) is 82.8. The molecule has 10 fully saturated rings. The van der Waals surface area contributed by atoms with E-state index in [4.69, 9.17) is 72.5 Å². The quantitative estimate of drug-likeness (QED) is 0.0715. The van der Waals surface area contributed by atoms with Gasteiger partial charge in [0.1, 0.15) is 76.0 Å². The van der Waals surface area contributed by atoms with Crippen LogP contribution in [0.25, 0.3) is 33.1 Å². The maximum absolute atomic E-state index is 14.3. The number of carbonyl (C=O) groups excluding carboxylic acids is 9. The molecule has 1 N–H and O–H groups in total. The Labute approximate surface area is 843 Å². The Kier molecular flexibility index (Phi) is 34.5. The predicted octanol–water partition coefficient (Wildman–Crippen LogP) is 17.0. The number of nitrogens with zero attached hydrogens (tertiary/aromatic N) is 9. The maximum atomic E-state index is 14.3. The summed E-state index contributed by atoms with van der Waals surface area (Å²) in [6.45, 7) is 23.9. The molecule has 31 heteroatoms. The number of aromatic nitrogens is 6. The van der Waals surface area contributed by atoms with E-state index in [0.29, 0.717) is 119 Å². The molecule has 28 nitrogen and oxygen atoms in total. The van der Waals surface area contributed by atoms with Gasteiger partial charge in [0.2, 0.25) is 35.4 Å². The van der Waals surface area contributed by atoms with Crippen molar-refractivity contribution in [2.75, 3.05) is 41.0 Å². The molecule has 6 aromatic rings. The van der Waals surface area contributed by atoms with E-state index in [-0.39, 0.29) is 153 Å². The van der Waals surface area contributed by atoms with E-state index in [0.717, 1.165) is 149 Å². The van der Waals surface area contributed by atoms with Gasteiger partial charge in [0.05, 0.1) is 98.7 Å². The second-order valence-electron chi connectivity index (χ2n) is 44.3. The summed E-state index contributed by atoms with van der Waals surface area (Å²) in [5, 5.41) is 2.94. The third-order valence-electron chi connectivity index (χ3n) is 31.8. The van der Waals surface area contributed by atoms with Gasteiger partial charge in [0.25, 0.3) is 0 Å². The molecule has 3 aromatic carbocycles. The van der Waals surface area contributed by atoms with E-state index < -0.39 is 76.7 Å². The van der Waals surface area contributed by atoms with Gasteiger partial charge in [0, 0.05) is 85.7 Å². The molecule has 18 atom stereocenters. The zero-order valence-corrected chi connectivity index (χ0v) is 87.0. The van der Waals surface area contributed by atoms with Crippen molar-refractivity contribution in [2.45, 2.75) is 335 Å². The fraction of sp³-hybridized carbons (Fsp3) is 0.689. The Hall–Kier alpha value is -8.14. The van der Waals surface area contributed by atoms with Crippen molar-refractivity contribution in [3.63, 3.8) is 0 Å². The van der Waals surface area contributed by atoms with Crippen molar-refractivity contribution in [3.8, 4) is 34.9 Å². The van der Waals surface area contributed by atoms with E-state index in [1.54, 1.807) is 31.1 Å². The second kappa shape index (κ2) is 44.6. The standard InChI is InChI=1S/C36H48N3O6.C35H47N4O6.C35H46N3O6.3V/c1-6-25-30(21-40)39-20-31(25)44-33-28(37-27-15-14-24(43-5)16-29(27)38-33)11-9-7-8-10-23-19-36(23,18-22-12-13-22)45-32(41)17-26(34(39)42)35(2,3)4;1-20-28(19-40)39-18-29(20)44-32-26(36-25-16-15-23(43-5)17-27(25)37-32)10-8-6-7-9-24-21-11-13-22(14-12-21)30(24)45-34(42)38-31(33(39)41)35(2,3)4;1-21-29(20-39)38-19-30(21)43-32-27(36-26-14-13-24(42-5)15-28(26)37-32)10-8-6-7-9-23-18-35(23,17-22-11-12-22)44-31(40)16-25(33(38)41)34(2,3)4;;;/h14-16,22-23,25-26,30-31H,6-13,17-20H2,1-5H3;15-17,20-22,24,28-31H,6-14,18H2,1-5H3,(H,38,42);13-15,21-23,25,29-30H,6-12,16-19H2,1-5H3;;;/q3*-1;;;/t23-,25+,26-,30-,31+,36-;20-,21?,22?,24+,28+,29-,30+,31+;21-,23+,25+,29+,30-,35+;;;/m100.../s1. The number of hydrogen-bond donors (Lipinski definition) is 1. The minimum absolute atomic E-state index is 0. The third-order valence-corrected chi connectivity index (χ3v) is 31.8. The first-order valence-electron chi connectivity index (χ1n) is 50.1. The van der Waals surface area contributed by atoms with Gasteiger partial charge in [0.15, 0.2) is 0 Å². The smallest absolute Gasteiger partial charge is 0.408 e. The van der Waals surface area contributed by atoms with Crippen molar-refractivity contribution in [1.29, 1.82) is 0 Å². The van der Waals surface area contributed by atoms with Crippen molar-refractivity contribution in [1.82, 2.24) is 49.9 Å². The summed E-state index contributed by atoms with van der Waals surface area (Å²) in [4.78, 5) is 155. The monoisotopic (exact) mass is 1990 g/mol. The minimum Gasteiger partial charge on any atom is -0.540 e. The maximum Gasteiger partial charge on any atom is 0.408 e. The number of benzene rings is 3. The van der Waals surface area contributed by atoms with Gasteiger partial charge in [-0.1, -0.05) is 172 Å². The average Bonchev–Trinajstić information content (AvgIpc) is 1.59. The van der Waals surface area contributed by atoms with Gasteiger partial charge in [-0.2, -0.15) is 0 Å². The summed E-state index contributed by atoms with van der Waals surface area (Å²) < 4.78 is 54.8. The molecule has 13 aliphatic rings. The number of aryl methyl sites for hydroxylation is 3. The Morgan fingerprint density at radius 1 is 0.431 bits per heavy atom. The van der Waals surface area contributed by atoms with E-state index >= 15 is 0 Å². The first-order chi connectivity index (χ1) is 64.1. The number of rotatable bonds is 11. The van der Waals surface area contributed by atoms with Crippen molar-refractivity contribution < 1.29 is 141 Å². The van der Waals surface area contributed by atoms with Crippen LogP contribution in [0, 0.1) is 87.3 Å². The van der Waals surface area contributed by atoms with E-state index in [1.807, 2.05) is 138 Å². The summed E-state index contributed by atoms with van der Waals surface area (Å²) in [7, 11) is 4.85. The van der Waals surface area contributed by atoms with E-state index in [2.05, 4.69) is 24.2 Å². The van der Waals surface area contributed by atoms with Crippen LogP contribution in [0.4, 0.5) is 4.79 Å². The van der Waals surface area contributed by atoms with Crippen LogP contribution in [-0.4, -0.2) is 200 Å². The average molecular weight is 2000 g/mol. The fourth-order valence-electron chi connectivity index (χ4n) is 23.1. The molecule has 3 saturated heterocycles. The van der Waals surface area contributed by atoms with Crippen molar-refractivity contribution in [2.24, 2.45) is 87.3 Å². The summed E-state index contributed by atoms with van der Waals surface area (Å²) in [6, 6.07) is 13.6. The third kappa shape index (κ3) is 24.3. The second-order valence-corrected chi connectivity index (χ2v) is 44.3. The number of amides is 4. The first-order valence-corrected chi connectivity index (χ1v) is 50.1. The molecule has 9 heterocycles. The number of esters is 2. The molecule has 4 amide bonds. The summed E-state index contributed by atoms with van der Waals surface area (Å²) in [5.41, 5.74) is 4.19. The molecular weight excluding hydrogens is 1850 g/mol. The van der Waals surface area contributed by atoms with Gasteiger partial charge in [-0.3, -0.25) is 24.0 Å². The molecule has 3 radical (unpaired) electrons. The topological polar surface area (TPSA) is 336 Å². The molecule has 741 valence electrons. The van der Waals surface area contributed by atoms with Crippen LogP contribution in [0.1, 0.15) is 274 Å². The van der Waals surface area contributed by atoms with Gasteiger partial charge in [-0.05, 0) is 209 Å². The molecule has 0 unspecified atom stereocenters. The number of fused-ring (bicyclic) bond motifs is 16. The number of alkyl carbamates (subject to hydrolysis) is 1. The van der Waals surface area contributed by atoms with Crippen LogP contribution in [0.3, 0.4) is 0 Å². The molecule has 3 aromatic heterocycles.